The first-order chi connectivity index (χ1) is 18.8. The third-order valence-electron chi connectivity index (χ3n) is 8.31. The first kappa shape index (κ1) is 28.1. The quantitative estimate of drug-likeness (QED) is 0.212. The van der Waals surface area contributed by atoms with Gasteiger partial charge in [-0.25, -0.2) is 9.97 Å². The molecule has 0 unspecified atom stereocenters. The summed E-state index contributed by atoms with van der Waals surface area (Å²) in [5.74, 6) is 1.70. The summed E-state index contributed by atoms with van der Waals surface area (Å²) in [6, 6.07) is 1.80. The Kier molecular flexibility index (Phi) is 8.66. The van der Waals surface area contributed by atoms with Gasteiger partial charge >= 0.3 is 0 Å². The average Bonchev–Trinajstić information content (AvgIpc) is 3.61. The van der Waals surface area contributed by atoms with Crippen molar-refractivity contribution in [2.75, 3.05) is 17.2 Å². The number of aromatic nitrogens is 4. The van der Waals surface area contributed by atoms with E-state index in [1.165, 1.54) is 0 Å². The molecule has 2 aliphatic carbocycles. The largest absolute Gasteiger partial charge is 0.396 e. The number of aliphatic hydroxyl groups is 3. The van der Waals surface area contributed by atoms with Crippen LogP contribution in [-0.2, 0) is 0 Å². The lowest BCUT2D eigenvalue weighted by Gasteiger charge is -2.26. The number of aliphatic hydroxyl groups excluding tert-OH is 3. The van der Waals surface area contributed by atoms with Crippen LogP contribution < -0.4 is 10.6 Å². The molecule has 3 aromatic heterocycles. The third kappa shape index (κ3) is 5.89. The molecule has 5 rings (SSSR count). The Morgan fingerprint density at radius 1 is 1.08 bits per heavy atom. The summed E-state index contributed by atoms with van der Waals surface area (Å²) in [6.45, 7) is 8.47. The van der Waals surface area contributed by atoms with E-state index >= 15 is 0 Å². The highest BCUT2D eigenvalue weighted by atomic mass is 32.1. The fraction of sp³-hybridized carbons (Fsp3) is 0.655. The molecule has 212 valence electrons. The van der Waals surface area contributed by atoms with Gasteiger partial charge in [-0.3, -0.25) is 4.98 Å². The minimum atomic E-state index is -1.01. The minimum Gasteiger partial charge on any atom is -0.396 e. The van der Waals surface area contributed by atoms with Crippen LogP contribution >= 0.6 is 11.3 Å². The summed E-state index contributed by atoms with van der Waals surface area (Å²) in [7, 11) is 0. The molecule has 3 aromatic rings. The molecule has 9 nitrogen and oxygen atoms in total. The highest BCUT2D eigenvalue weighted by Gasteiger charge is 2.41. The van der Waals surface area contributed by atoms with Crippen molar-refractivity contribution in [3.8, 4) is 10.6 Å². The van der Waals surface area contributed by atoms with Crippen molar-refractivity contribution in [2.45, 2.75) is 103 Å². The summed E-state index contributed by atoms with van der Waals surface area (Å²) in [6.07, 6.45) is 6.93. The zero-order valence-corrected chi connectivity index (χ0v) is 24.2. The maximum absolute atomic E-state index is 10.8. The number of hydrogen-bond donors (Lipinski definition) is 5. The van der Waals surface area contributed by atoms with E-state index in [1.54, 1.807) is 11.3 Å². The van der Waals surface area contributed by atoms with Crippen molar-refractivity contribution >= 4 is 33.3 Å². The van der Waals surface area contributed by atoms with Crippen molar-refractivity contribution < 1.29 is 15.3 Å². The molecular weight excluding hydrogens is 512 g/mol. The predicted molar refractivity (Wildman–Crippen MR) is 156 cm³/mol. The first-order valence-electron chi connectivity index (χ1n) is 14.5. The highest BCUT2D eigenvalue weighted by molar-refractivity contribution is 7.21. The Hall–Kier alpha value is -2.40. The number of hydrogen-bond acceptors (Lipinski definition) is 10. The van der Waals surface area contributed by atoms with Crippen molar-refractivity contribution in [1.29, 1.82) is 0 Å². The van der Waals surface area contributed by atoms with Crippen LogP contribution in [0.3, 0.4) is 0 Å². The van der Waals surface area contributed by atoms with Gasteiger partial charge in [-0.2, -0.15) is 4.98 Å². The van der Waals surface area contributed by atoms with Gasteiger partial charge < -0.3 is 26.0 Å². The van der Waals surface area contributed by atoms with Gasteiger partial charge in [0, 0.05) is 30.7 Å². The number of fused-ring (bicyclic) bond motifs is 1. The van der Waals surface area contributed by atoms with Crippen LogP contribution in [0.1, 0.15) is 83.0 Å². The number of aryl methyl sites for hydroxylation is 1. The Morgan fingerprint density at radius 3 is 2.51 bits per heavy atom. The van der Waals surface area contributed by atoms with Crippen LogP contribution in [0.5, 0.6) is 0 Å². The molecule has 0 aliphatic heterocycles. The first-order valence-corrected chi connectivity index (χ1v) is 15.3. The number of thiazole rings is 1. The molecule has 0 spiro atoms. The van der Waals surface area contributed by atoms with Crippen LogP contribution in [-0.4, -0.2) is 66.2 Å². The lowest BCUT2D eigenvalue weighted by Crippen LogP contribution is -2.36. The smallest absolute Gasteiger partial charge is 0.225 e. The van der Waals surface area contributed by atoms with E-state index in [0.717, 1.165) is 70.7 Å². The lowest BCUT2D eigenvalue weighted by atomic mass is 9.93. The normalized spacial score (nSPS) is 24.7. The lowest BCUT2D eigenvalue weighted by molar-refractivity contribution is 0.00446. The Bertz CT molecular complexity index is 1280. The van der Waals surface area contributed by atoms with E-state index in [1.807, 2.05) is 19.2 Å². The molecule has 10 heteroatoms. The second kappa shape index (κ2) is 12.0. The monoisotopic (exact) mass is 554 g/mol. The number of rotatable bonds is 12. The van der Waals surface area contributed by atoms with Crippen LogP contribution in [0.2, 0.25) is 0 Å². The summed E-state index contributed by atoms with van der Waals surface area (Å²) in [5.41, 5.74) is 3.60. The van der Waals surface area contributed by atoms with Gasteiger partial charge in [0.25, 0.3) is 0 Å². The van der Waals surface area contributed by atoms with Crippen LogP contribution in [0.4, 0.5) is 11.8 Å². The molecule has 3 heterocycles. The molecule has 39 heavy (non-hydrogen) atoms. The Morgan fingerprint density at radius 2 is 1.85 bits per heavy atom. The van der Waals surface area contributed by atoms with E-state index < -0.39 is 18.2 Å². The van der Waals surface area contributed by atoms with Crippen molar-refractivity contribution in [3.05, 3.63) is 23.7 Å². The van der Waals surface area contributed by atoms with Crippen molar-refractivity contribution in [3.63, 3.8) is 0 Å². The second-order valence-corrected chi connectivity index (χ2v) is 12.4. The van der Waals surface area contributed by atoms with Gasteiger partial charge in [0.15, 0.2) is 0 Å². The zero-order chi connectivity index (χ0) is 27.7. The zero-order valence-electron chi connectivity index (χ0n) is 23.4. The molecule has 2 fully saturated rings. The van der Waals surface area contributed by atoms with E-state index in [-0.39, 0.29) is 18.6 Å². The molecule has 0 saturated heterocycles. The number of pyridine rings is 1. The SMILES string of the molecule is CCC[C@H](C)[C@@H](CCC)Nc1nc(C)c(-c2nc3c(C4CC4)nccc3s2)c(N[C@@H]2C[C@H](CO)[C@@H](O)[C@H]2O)n1. The second-order valence-electron chi connectivity index (χ2n) is 11.4. The van der Waals surface area contributed by atoms with E-state index in [4.69, 9.17) is 15.0 Å². The summed E-state index contributed by atoms with van der Waals surface area (Å²) in [4.78, 5) is 19.5. The fourth-order valence-corrected chi connectivity index (χ4v) is 6.96. The summed E-state index contributed by atoms with van der Waals surface area (Å²) < 4.78 is 1.09. The average molecular weight is 555 g/mol. The summed E-state index contributed by atoms with van der Waals surface area (Å²) >= 11 is 1.60. The van der Waals surface area contributed by atoms with Gasteiger partial charge in [-0.1, -0.05) is 33.6 Å². The molecular formula is C29H42N6O3S. The van der Waals surface area contributed by atoms with Gasteiger partial charge in [-0.15, -0.1) is 11.3 Å². The number of anilines is 2. The van der Waals surface area contributed by atoms with E-state index in [0.29, 0.717) is 30.0 Å². The topological polar surface area (TPSA) is 136 Å². The molecule has 0 bridgehead atoms. The molecule has 0 aromatic carbocycles. The molecule has 0 radical (unpaired) electrons. The third-order valence-corrected chi connectivity index (χ3v) is 9.34. The molecule has 6 atom stereocenters. The van der Waals surface area contributed by atoms with Crippen molar-refractivity contribution in [1.82, 2.24) is 19.9 Å². The van der Waals surface area contributed by atoms with E-state index in [9.17, 15) is 15.3 Å². The predicted octanol–water partition coefficient (Wildman–Crippen LogP) is 4.87. The standard InChI is InChI=1S/C29H42N6O3S/c1-5-7-15(3)19(8-6-2)33-29-31-16(4)22(27(35-29)32-20-13-18(14-36)25(37)26(20)38)28-34-24-21(39-28)11-12-30-23(24)17-9-10-17/h11-12,15,17-20,25-26,36-38H,5-10,13-14H2,1-4H3,(H2,31,32,33,35)/t15-,18+,19+,20+,25+,26-/m0/s1. The molecule has 0 amide bonds. The number of nitrogens with one attached hydrogen (secondary N) is 2. The fourth-order valence-electron chi connectivity index (χ4n) is 5.89. The Balaban J connectivity index is 1.55. The minimum absolute atomic E-state index is 0.179. The van der Waals surface area contributed by atoms with Crippen LogP contribution in [0, 0.1) is 18.8 Å². The highest BCUT2D eigenvalue weighted by Crippen LogP contribution is 2.44. The molecule has 5 N–H and O–H groups in total. The molecule has 2 saturated carbocycles. The van der Waals surface area contributed by atoms with Crippen LogP contribution in [0.15, 0.2) is 12.3 Å². The molecule has 2 aliphatic rings. The van der Waals surface area contributed by atoms with Gasteiger partial charge in [0.1, 0.15) is 22.4 Å². The van der Waals surface area contributed by atoms with Crippen LogP contribution in [0.25, 0.3) is 20.8 Å². The van der Waals surface area contributed by atoms with E-state index in [2.05, 4.69) is 36.4 Å². The van der Waals surface area contributed by atoms with Gasteiger partial charge in [0.05, 0.1) is 33.8 Å². The van der Waals surface area contributed by atoms with Gasteiger partial charge in [0.2, 0.25) is 5.95 Å². The van der Waals surface area contributed by atoms with Gasteiger partial charge in [-0.05, 0) is 51.0 Å². The maximum atomic E-state index is 10.8. The Labute approximate surface area is 234 Å². The maximum Gasteiger partial charge on any atom is 0.225 e. The number of nitrogens with zero attached hydrogens (tertiary/aromatic N) is 4. The summed E-state index contributed by atoms with van der Waals surface area (Å²) in [5, 5.41) is 38.8. The van der Waals surface area contributed by atoms with Crippen molar-refractivity contribution in [2.24, 2.45) is 11.8 Å².